The molecule has 0 heterocycles. The van der Waals surface area contributed by atoms with Gasteiger partial charge in [0.2, 0.25) is 0 Å². The van der Waals surface area contributed by atoms with Gasteiger partial charge in [-0.2, -0.15) is 8.78 Å². The van der Waals surface area contributed by atoms with Gasteiger partial charge in [0, 0.05) is 0 Å². The van der Waals surface area contributed by atoms with Crippen LogP contribution in [0.1, 0.15) is 32.1 Å². The van der Waals surface area contributed by atoms with Crippen LogP contribution >= 0.6 is 0 Å². The summed E-state index contributed by atoms with van der Waals surface area (Å²) in [5, 5.41) is 9.58. The molecule has 0 saturated heterocycles. The zero-order valence-corrected chi connectivity index (χ0v) is 7.02. The fourth-order valence-electron chi connectivity index (χ4n) is 1.66. The van der Waals surface area contributed by atoms with Crippen molar-refractivity contribution in [3.05, 3.63) is 12.7 Å². The summed E-state index contributed by atoms with van der Waals surface area (Å²) in [5.74, 6) is -3.13. The van der Waals surface area contributed by atoms with Gasteiger partial charge in [0.25, 0.3) is 5.92 Å². The number of rotatable bonds is 2. The lowest BCUT2D eigenvalue weighted by atomic mass is 9.80. The Hall–Kier alpha value is -0.440. The van der Waals surface area contributed by atoms with E-state index in [4.69, 9.17) is 0 Å². The van der Waals surface area contributed by atoms with E-state index in [9.17, 15) is 13.9 Å². The van der Waals surface area contributed by atoms with Crippen LogP contribution in [0.2, 0.25) is 0 Å². The monoisotopic (exact) mass is 176 g/mol. The molecule has 0 atom stereocenters. The van der Waals surface area contributed by atoms with Crippen molar-refractivity contribution < 1.29 is 13.9 Å². The predicted molar refractivity (Wildman–Crippen MR) is 43.2 cm³/mol. The third-order valence-corrected chi connectivity index (χ3v) is 2.56. The van der Waals surface area contributed by atoms with E-state index in [0.717, 1.165) is 6.42 Å². The smallest absolute Gasteiger partial charge is 0.294 e. The first kappa shape index (κ1) is 9.65. The molecular weight excluding hydrogens is 162 g/mol. The van der Waals surface area contributed by atoms with Gasteiger partial charge in [-0.3, -0.25) is 0 Å². The first-order chi connectivity index (χ1) is 5.52. The van der Waals surface area contributed by atoms with Gasteiger partial charge in [0.05, 0.1) is 0 Å². The fourth-order valence-corrected chi connectivity index (χ4v) is 1.66. The number of hydrogen-bond donors (Lipinski definition) is 1. The van der Waals surface area contributed by atoms with Crippen LogP contribution in [0.25, 0.3) is 0 Å². The zero-order valence-electron chi connectivity index (χ0n) is 7.02. The van der Waals surface area contributed by atoms with E-state index in [-0.39, 0.29) is 12.8 Å². The van der Waals surface area contributed by atoms with E-state index in [1.807, 2.05) is 0 Å². The molecule has 0 radical (unpaired) electrons. The maximum atomic E-state index is 13.1. The molecule has 1 aliphatic carbocycles. The minimum atomic E-state index is -3.13. The molecule has 12 heavy (non-hydrogen) atoms. The van der Waals surface area contributed by atoms with Crippen LogP contribution in [0.15, 0.2) is 12.7 Å². The lowest BCUT2D eigenvalue weighted by molar-refractivity contribution is -0.165. The van der Waals surface area contributed by atoms with Crippen molar-refractivity contribution in [2.24, 2.45) is 0 Å². The van der Waals surface area contributed by atoms with Gasteiger partial charge < -0.3 is 5.11 Å². The van der Waals surface area contributed by atoms with E-state index < -0.39 is 11.5 Å². The molecule has 0 bridgehead atoms. The average molecular weight is 176 g/mol. The van der Waals surface area contributed by atoms with Gasteiger partial charge in [0.1, 0.15) is 5.60 Å². The maximum Gasteiger partial charge on any atom is 0.294 e. The Morgan fingerprint density at radius 1 is 1.25 bits per heavy atom. The van der Waals surface area contributed by atoms with E-state index in [0.29, 0.717) is 18.9 Å². The normalized spacial score (nSPS) is 23.6. The number of alkyl halides is 2. The van der Waals surface area contributed by atoms with Crippen LogP contribution in [0.4, 0.5) is 8.78 Å². The summed E-state index contributed by atoms with van der Waals surface area (Å²) >= 11 is 0. The van der Waals surface area contributed by atoms with E-state index in [2.05, 4.69) is 6.58 Å². The molecule has 1 rings (SSSR count). The molecule has 1 N–H and O–H groups in total. The van der Waals surface area contributed by atoms with Crippen molar-refractivity contribution >= 4 is 0 Å². The van der Waals surface area contributed by atoms with Crippen molar-refractivity contribution in [2.75, 3.05) is 0 Å². The number of halogens is 2. The van der Waals surface area contributed by atoms with Crippen LogP contribution in [0.5, 0.6) is 0 Å². The van der Waals surface area contributed by atoms with Crippen LogP contribution in [0.3, 0.4) is 0 Å². The van der Waals surface area contributed by atoms with Crippen molar-refractivity contribution in [1.82, 2.24) is 0 Å². The summed E-state index contributed by atoms with van der Waals surface area (Å²) < 4.78 is 26.1. The van der Waals surface area contributed by atoms with Crippen molar-refractivity contribution in [1.29, 1.82) is 0 Å². The number of hydrogen-bond acceptors (Lipinski definition) is 1. The second kappa shape index (κ2) is 3.13. The fraction of sp³-hybridized carbons (Fsp3) is 0.778. The Balaban J connectivity index is 2.74. The van der Waals surface area contributed by atoms with E-state index >= 15 is 0 Å². The average Bonchev–Trinajstić information content (AvgIpc) is 2.06. The molecule has 0 aromatic heterocycles. The van der Waals surface area contributed by atoms with Crippen LogP contribution in [0, 0.1) is 0 Å². The van der Waals surface area contributed by atoms with Crippen molar-refractivity contribution in [3.63, 3.8) is 0 Å². The Kier molecular flexibility index (Phi) is 2.52. The highest BCUT2D eigenvalue weighted by Crippen LogP contribution is 2.40. The van der Waals surface area contributed by atoms with E-state index in [1.54, 1.807) is 0 Å². The minimum absolute atomic E-state index is 0.187. The molecular formula is C9H14F2O. The highest BCUT2D eigenvalue weighted by Gasteiger charge is 2.50. The van der Waals surface area contributed by atoms with Crippen LogP contribution in [-0.2, 0) is 0 Å². The van der Waals surface area contributed by atoms with Gasteiger partial charge in [-0.15, -0.1) is 0 Å². The summed E-state index contributed by atoms with van der Waals surface area (Å²) in [7, 11) is 0. The molecule has 0 spiro atoms. The van der Waals surface area contributed by atoms with Crippen molar-refractivity contribution in [3.8, 4) is 0 Å². The Morgan fingerprint density at radius 2 is 1.75 bits per heavy atom. The SMILES string of the molecule is C=CC(F)(F)C1(O)CCCCC1. The van der Waals surface area contributed by atoms with Gasteiger partial charge >= 0.3 is 0 Å². The Morgan fingerprint density at radius 3 is 2.17 bits per heavy atom. The molecule has 1 saturated carbocycles. The summed E-state index contributed by atoms with van der Waals surface area (Å²) in [6, 6.07) is 0. The number of aliphatic hydroxyl groups is 1. The van der Waals surface area contributed by atoms with Gasteiger partial charge in [-0.25, -0.2) is 0 Å². The van der Waals surface area contributed by atoms with Crippen LogP contribution in [-0.4, -0.2) is 16.6 Å². The highest BCUT2D eigenvalue weighted by molar-refractivity contribution is 5.04. The summed E-state index contributed by atoms with van der Waals surface area (Å²) in [6.45, 7) is 3.04. The summed E-state index contributed by atoms with van der Waals surface area (Å²) in [4.78, 5) is 0. The van der Waals surface area contributed by atoms with Gasteiger partial charge in [-0.05, 0) is 18.9 Å². The largest absolute Gasteiger partial charge is 0.383 e. The molecule has 1 aliphatic rings. The topological polar surface area (TPSA) is 20.2 Å². The quantitative estimate of drug-likeness (QED) is 0.641. The Bertz CT molecular complexity index is 171. The van der Waals surface area contributed by atoms with Gasteiger partial charge in [0.15, 0.2) is 0 Å². The molecule has 0 aliphatic heterocycles. The first-order valence-electron chi connectivity index (χ1n) is 4.26. The molecule has 0 aromatic rings. The molecule has 0 aromatic carbocycles. The molecule has 1 fully saturated rings. The predicted octanol–water partition coefficient (Wildman–Crippen LogP) is 2.50. The molecule has 1 nitrogen and oxygen atoms in total. The first-order valence-corrected chi connectivity index (χ1v) is 4.26. The second-order valence-electron chi connectivity index (χ2n) is 3.42. The second-order valence-corrected chi connectivity index (χ2v) is 3.42. The zero-order chi connectivity index (χ0) is 9.24. The van der Waals surface area contributed by atoms with Crippen molar-refractivity contribution in [2.45, 2.75) is 43.6 Å². The molecule has 70 valence electrons. The van der Waals surface area contributed by atoms with Crippen LogP contribution < -0.4 is 0 Å². The Labute approximate surface area is 71.1 Å². The standard InChI is InChI=1S/C9H14F2O/c1-2-9(10,11)8(12)6-4-3-5-7-8/h2,12H,1,3-7H2. The third kappa shape index (κ3) is 1.51. The summed E-state index contributed by atoms with van der Waals surface area (Å²) in [5.41, 5.74) is -1.83. The lowest BCUT2D eigenvalue weighted by Gasteiger charge is -2.37. The van der Waals surface area contributed by atoms with E-state index in [1.165, 1.54) is 0 Å². The lowest BCUT2D eigenvalue weighted by Crippen LogP contribution is -2.48. The maximum absolute atomic E-state index is 13.1. The third-order valence-electron chi connectivity index (χ3n) is 2.56. The summed E-state index contributed by atoms with van der Waals surface area (Å²) in [6.07, 6.45) is 3.23. The molecule has 0 amide bonds. The molecule has 3 heteroatoms. The highest BCUT2D eigenvalue weighted by atomic mass is 19.3. The van der Waals surface area contributed by atoms with Gasteiger partial charge in [-0.1, -0.05) is 25.8 Å². The minimum Gasteiger partial charge on any atom is -0.383 e. The molecule has 0 unspecified atom stereocenters.